The van der Waals surface area contributed by atoms with Crippen molar-refractivity contribution in [2.45, 2.75) is 51.1 Å². The third kappa shape index (κ3) is 3.96. The minimum Gasteiger partial charge on any atom is -0.331 e. The first-order chi connectivity index (χ1) is 11.2. The molecule has 8 heteroatoms. The first kappa shape index (κ1) is 19.3. The monoisotopic (exact) mass is 387 g/mol. The van der Waals surface area contributed by atoms with Gasteiger partial charge in [0.25, 0.3) is 0 Å². The topological polar surface area (TPSA) is 55.8 Å². The number of benzene rings is 1. The normalized spacial score (nSPS) is 20.8. The van der Waals surface area contributed by atoms with Gasteiger partial charge in [0.1, 0.15) is 10.5 Å². The van der Waals surface area contributed by atoms with Crippen LogP contribution in [-0.2, 0) is 0 Å². The molecular weight excluding hydrogens is 366 g/mol. The van der Waals surface area contributed by atoms with Crippen LogP contribution in [0, 0.1) is 0 Å². The van der Waals surface area contributed by atoms with E-state index < -0.39 is 16.9 Å². The highest BCUT2D eigenvalue weighted by Crippen LogP contribution is 2.43. The van der Waals surface area contributed by atoms with E-state index in [1.54, 1.807) is 24.3 Å². The molecule has 2 amide bonds. The molecule has 5 nitrogen and oxygen atoms in total. The van der Waals surface area contributed by atoms with E-state index in [0.29, 0.717) is 15.0 Å². The second-order valence-electron chi connectivity index (χ2n) is 6.29. The molecule has 132 valence electrons. The molecule has 1 aromatic rings. The summed E-state index contributed by atoms with van der Waals surface area (Å²) >= 11 is 12.8. The summed E-state index contributed by atoms with van der Waals surface area (Å²) < 4.78 is 0.268. The number of nitrogens with one attached hydrogen (secondary N) is 1. The highest BCUT2D eigenvalue weighted by atomic mass is 35.5. The fourth-order valence-corrected chi connectivity index (χ4v) is 4.82. The lowest BCUT2D eigenvalue weighted by Gasteiger charge is -2.39. The maximum Gasteiger partial charge on any atom is 0.347 e. The van der Waals surface area contributed by atoms with Crippen LogP contribution in [0.4, 0.5) is 10.5 Å². The Morgan fingerprint density at radius 1 is 1.50 bits per heavy atom. The SMILES string of the molecule is CC[C@H](C)N1C(=S)SC(C)(C)[C@@H]1N(O)C(=O)Nc1ccc(Cl)cc1. The highest BCUT2D eigenvalue weighted by Gasteiger charge is 2.50. The zero-order valence-electron chi connectivity index (χ0n) is 14.1. The lowest BCUT2D eigenvalue weighted by Crippen LogP contribution is -2.57. The van der Waals surface area contributed by atoms with Gasteiger partial charge in [-0.1, -0.05) is 42.5 Å². The average molecular weight is 388 g/mol. The summed E-state index contributed by atoms with van der Waals surface area (Å²) in [5.41, 5.74) is 0.560. The van der Waals surface area contributed by atoms with Crippen LogP contribution >= 0.6 is 35.6 Å². The number of rotatable bonds is 4. The lowest BCUT2D eigenvalue weighted by atomic mass is 10.1. The number of carbonyl (C=O) groups excluding carboxylic acids is 1. The Bertz CT molecular complexity index is 624. The van der Waals surface area contributed by atoms with Crippen LogP contribution in [0.25, 0.3) is 0 Å². The van der Waals surface area contributed by atoms with Gasteiger partial charge in [0, 0.05) is 16.8 Å². The molecule has 0 spiro atoms. The van der Waals surface area contributed by atoms with Crippen LogP contribution in [0.3, 0.4) is 0 Å². The number of hydrogen-bond donors (Lipinski definition) is 2. The summed E-state index contributed by atoms with van der Waals surface area (Å²) in [6.07, 6.45) is 0.317. The first-order valence-corrected chi connectivity index (χ1v) is 9.33. The van der Waals surface area contributed by atoms with Gasteiger partial charge in [-0.25, -0.2) is 4.79 Å². The van der Waals surface area contributed by atoms with Gasteiger partial charge in [-0.15, -0.1) is 0 Å². The molecule has 1 aromatic carbocycles. The van der Waals surface area contributed by atoms with Crippen molar-refractivity contribution in [3.63, 3.8) is 0 Å². The summed E-state index contributed by atoms with van der Waals surface area (Å²) in [5, 5.41) is 14.6. The van der Waals surface area contributed by atoms with Gasteiger partial charge in [-0.2, -0.15) is 5.06 Å². The molecule has 1 aliphatic heterocycles. The molecule has 0 saturated carbocycles. The molecule has 1 saturated heterocycles. The molecule has 1 aliphatic rings. The van der Waals surface area contributed by atoms with Crippen LogP contribution in [0.5, 0.6) is 0 Å². The number of anilines is 1. The third-order valence-corrected chi connectivity index (χ3v) is 5.88. The summed E-state index contributed by atoms with van der Waals surface area (Å²) in [6, 6.07) is 6.23. The Hall–Kier alpha value is -1.02. The number of amides is 2. The molecular formula is C16H22ClN3O2S2. The number of hydrogen-bond acceptors (Lipinski definition) is 4. The minimum absolute atomic E-state index is 0.120. The Balaban J connectivity index is 2.20. The smallest absolute Gasteiger partial charge is 0.331 e. The molecule has 0 bridgehead atoms. The third-order valence-electron chi connectivity index (χ3n) is 4.05. The fourth-order valence-electron chi connectivity index (χ4n) is 2.62. The van der Waals surface area contributed by atoms with Crippen molar-refractivity contribution in [1.29, 1.82) is 0 Å². The molecule has 1 heterocycles. The molecule has 1 fully saturated rings. The van der Waals surface area contributed by atoms with Crippen LogP contribution in [0.15, 0.2) is 24.3 Å². The predicted octanol–water partition coefficient (Wildman–Crippen LogP) is 4.80. The molecule has 2 N–H and O–H groups in total. The lowest BCUT2D eigenvalue weighted by molar-refractivity contribution is -0.120. The number of thioether (sulfide) groups is 1. The van der Waals surface area contributed by atoms with Crippen molar-refractivity contribution in [1.82, 2.24) is 9.96 Å². The van der Waals surface area contributed by atoms with Gasteiger partial charge in [0.15, 0.2) is 0 Å². The Morgan fingerprint density at radius 3 is 2.62 bits per heavy atom. The molecule has 2 atom stereocenters. The fraction of sp³-hybridized carbons (Fsp3) is 0.500. The largest absolute Gasteiger partial charge is 0.347 e. The number of hydroxylamine groups is 2. The maximum atomic E-state index is 12.5. The number of halogens is 1. The van der Waals surface area contributed by atoms with Gasteiger partial charge >= 0.3 is 6.03 Å². The van der Waals surface area contributed by atoms with Crippen molar-refractivity contribution in [2.24, 2.45) is 0 Å². The van der Waals surface area contributed by atoms with Gasteiger partial charge < -0.3 is 10.2 Å². The molecule has 0 radical (unpaired) electrons. The summed E-state index contributed by atoms with van der Waals surface area (Å²) in [6.45, 7) is 8.02. The van der Waals surface area contributed by atoms with Crippen molar-refractivity contribution >= 4 is 51.6 Å². The van der Waals surface area contributed by atoms with E-state index in [4.69, 9.17) is 23.8 Å². The summed E-state index contributed by atoms with van der Waals surface area (Å²) in [7, 11) is 0. The number of thiocarbonyl (C=S) groups is 1. The zero-order valence-corrected chi connectivity index (χ0v) is 16.5. The number of urea groups is 1. The number of carbonyl (C=O) groups is 1. The van der Waals surface area contributed by atoms with E-state index in [1.807, 2.05) is 25.7 Å². The predicted molar refractivity (Wildman–Crippen MR) is 104 cm³/mol. The maximum absolute atomic E-state index is 12.5. The highest BCUT2D eigenvalue weighted by molar-refractivity contribution is 8.24. The molecule has 0 unspecified atom stereocenters. The Labute approximate surface area is 157 Å². The second kappa shape index (κ2) is 7.47. The quantitative estimate of drug-likeness (QED) is 0.441. The average Bonchev–Trinajstić information content (AvgIpc) is 2.76. The summed E-state index contributed by atoms with van der Waals surface area (Å²) in [5.74, 6) is 0. The van der Waals surface area contributed by atoms with Crippen LogP contribution < -0.4 is 5.32 Å². The Morgan fingerprint density at radius 2 is 2.08 bits per heavy atom. The molecule has 0 aromatic heterocycles. The Kier molecular flexibility index (Phi) is 6.01. The van der Waals surface area contributed by atoms with E-state index in [1.165, 1.54) is 11.8 Å². The van der Waals surface area contributed by atoms with Crippen LogP contribution in [0.1, 0.15) is 34.1 Å². The van der Waals surface area contributed by atoms with E-state index in [9.17, 15) is 10.0 Å². The minimum atomic E-state index is -0.603. The first-order valence-electron chi connectivity index (χ1n) is 7.73. The number of nitrogens with zero attached hydrogens (tertiary/aromatic N) is 2. The standard InChI is InChI=1S/C16H22ClN3O2S2/c1-5-10(2)19-13(16(3,4)24-15(19)23)20(22)14(21)18-12-8-6-11(17)7-9-12/h6-10,13,22H,5H2,1-4H3,(H,18,21)/t10-,13-/m0/s1. The van der Waals surface area contributed by atoms with Gasteiger partial charge in [0.05, 0.1) is 4.75 Å². The van der Waals surface area contributed by atoms with Crippen molar-refractivity contribution in [3.8, 4) is 0 Å². The van der Waals surface area contributed by atoms with Crippen molar-refractivity contribution < 1.29 is 10.0 Å². The van der Waals surface area contributed by atoms with Gasteiger partial charge in [0.2, 0.25) is 0 Å². The van der Waals surface area contributed by atoms with Gasteiger partial charge in [-0.05, 0) is 51.5 Å². The van der Waals surface area contributed by atoms with Crippen LogP contribution in [-0.4, -0.2) is 42.5 Å². The molecule has 2 rings (SSSR count). The van der Waals surface area contributed by atoms with Crippen molar-refractivity contribution in [3.05, 3.63) is 29.3 Å². The van der Waals surface area contributed by atoms with Gasteiger partial charge in [-0.3, -0.25) is 5.21 Å². The van der Waals surface area contributed by atoms with Crippen molar-refractivity contribution in [2.75, 3.05) is 5.32 Å². The molecule has 24 heavy (non-hydrogen) atoms. The van der Waals surface area contributed by atoms with E-state index in [0.717, 1.165) is 11.5 Å². The van der Waals surface area contributed by atoms with E-state index in [-0.39, 0.29) is 6.04 Å². The van der Waals surface area contributed by atoms with Crippen LogP contribution in [0.2, 0.25) is 5.02 Å². The van der Waals surface area contributed by atoms with E-state index in [2.05, 4.69) is 12.2 Å². The molecule has 0 aliphatic carbocycles. The zero-order chi connectivity index (χ0) is 18.1. The second-order valence-corrected chi connectivity index (χ2v) is 9.02. The van der Waals surface area contributed by atoms with E-state index >= 15 is 0 Å². The summed E-state index contributed by atoms with van der Waals surface area (Å²) in [4.78, 5) is 14.4.